The zero-order valence-electron chi connectivity index (χ0n) is 18.6. The van der Waals surface area contributed by atoms with Gasteiger partial charge in [-0.05, 0) is 28.7 Å². The number of aromatic amines is 3. The summed E-state index contributed by atoms with van der Waals surface area (Å²) in [6.07, 6.45) is 8.15. The summed E-state index contributed by atoms with van der Waals surface area (Å²) in [5.41, 5.74) is 4.68. The number of morpholine rings is 1. The molecule has 34 heavy (non-hydrogen) atoms. The first-order valence-corrected chi connectivity index (χ1v) is 11.4. The van der Waals surface area contributed by atoms with Crippen molar-refractivity contribution in [3.05, 3.63) is 82.0 Å². The number of benzene rings is 2. The first kappa shape index (κ1) is 20.5. The van der Waals surface area contributed by atoms with Gasteiger partial charge in [0, 0.05) is 41.9 Å². The van der Waals surface area contributed by atoms with Crippen molar-refractivity contribution in [2.24, 2.45) is 0 Å². The van der Waals surface area contributed by atoms with Crippen molar-refractivity contribution in [3.8, 4) is 0 Å². The molecule has 4 heterocycles. The van der Waals surface area contributed by atoms with E-state index in [-0.39, 0.29) is 11.5 Å². The minimum absolute atomic E-state index is 0.0739. The number of aromatic nitrogens is 3. The molecule has 0 bridgehead atoms. The standard InChI is InChI=1S/C27H24N4O3/c32-24(31-8-10-34-11-9-31)13-18-3-1-2-17(12-18)4-6-20-14-22-19(15-28-20)5-7-21-25-23(30-26(21)22)16-29-27(25)33/h1-7,12,14-16,28,30H,8-11,13H2,(H,29,33). The molecular weight excluding hydrogens is 428 g/mol. The second-order valence-corrected chi connectivity index (χ2v) is 8.66. The van der Waals surface area contributed by atoms with Crippen molar-refractivity contribution in [1.29, 1.82) is 0 Å². The molecule has 0 atom stereocenters. The molecule has 5 aromatic rings. The zero-order chi connectivity index (χ0) is 23.1. The third kappa shape index (κ3) is 3.70. The lowest BCUT2D eigenvalue weighted by Gasteiger charge is -2.26. The first-order valence-electron chi connectivity index (χ1n) is 11.4. The minimum Gasteiger partial charge on any atom is -0.378 e. The lowest BCUT2D eigenvalue weighted by atomic mass is 10.1. The number of nitrogens with one attached hydrogen (secondary N) is 3. The molecule has 3 aromatic heterocycles. The second kappa shape index (κ2) is 8.35. The van der Waals surface area contributed by atoms with E-state index in [2.05, 4.69) is 27.1 Å². The third-order valence-corrected chi connectivity index (χ3v) is 6.47. The van der Waals surface area contributed by atoms with Gasteiger partial charge < -0.3 is 24.6 Å². The molecule has 7 heteroatoms. The fraction of sp³-hybridized carbons (Fsp3) is 0.185. The SMILES string of the molecule is O=C(Cc1cccc(C=Cc2cc3c(ccc4c3[nH]c3c[nH]c(=O)c34)c[nH]2)c1)N1CCOCC1. The van der Waals surface area contributed by atoms with Crippen LogP contribution in [0.25, 0.3) is 44.7 Å². The molecule has 0 radical (unpaired) electrons. The number of fused-ring (bicyclic) bond motifs is 5. The number of pyridine rings is 1. The van der Waals surface area contributed by atoms with Crippen molar-refractivity contribution in [1.82, 2.24) is 19.9 Å². The lowest BCUT2D eigenvalue weighted by Crippen LogP contribution is -2.41. The van der Waals surface area contributed by atoms with Gasteiger partial charge in [0.25, 0.3) is 5.56 Å². The van der Waals surface area contributed by atoms with E-state index >= 15 is 0 Å². The third-order valence-electron chi connectivity index (χ3n) is 6.47. The van der Waals surface area contributed by atoms with Gasteiger partial charge in [0.05, 0.1) is 36.1 Å². The number of nitrogens with zero attached hydrogens (tertiary/aromatic N) is 1. The van der Waals surface area contributed by atoms with E-state index in [0.29, 0.717) is 38.1 Å². The molecule has 0 unspecified atom stereocenters. The van der Waals surface area contributed by atoms with E-state index in [0.717, 1.165) is 44.0 Å². The summed E-state index contributed by atoms with van der Waals surface area (Å²) in [5.74, 6) is 0.139. The van der Waals surface area contributed by atoms with Crippen molar-refractivity contribution in [2.45, 2.75) is 6.42 Å². The molecule has 3 N–H and O–H groups in total. The van der Waals surface area contributed by atoms with Crippen LogP contribution in [0.3, 0.4) is 0 Å². The molecule has 1 amide bonds. The lowest BCUT2D eigenvalue weighted by molar-refractivity contribution is -0.134. The summed E-state index contributed by atoms with van der Waals surface area (Å²) in [6.45, 7) is 2.55. The number of H-pyrrole nitrogens is 3. The minimum atomic E-state index is -0.0739. The summed E-state index contributed by atoms with van der Waals surface area (Å²) in [6, 6.07) is 14.2. The summed E-state index contributed by atoms with van der Waals surface area (Å²) < 4.78 is 5.34. The molecule has 0 aliphatic carbocycles. The highest BCUT2D eigenvalue weighted by Gasteiger charge is 2.17. The van der Waals surface area contributed by atoms with Gasteiger partial charge in [-0.1, -0.05) is 42.5 Å². The van der Waals surface area contributed by atoms with E-state index in [1.165, 1.54) is 0 Å². The predicted molar refractivity (Wildman–Crippen MR) is 135 cm³/mol. The van der Waals surface area contributed by atoms with Crippen LogP contribution in [0.4, 0.5) is 0 Å². The van der Waals surface area contributed by atoms with Gasteiger partial charge in [-0.25, -0.2) is 0 Å². The highest BCUT2D eigenvalue weighted by atomic mass is 16.5. The predicted octanol–water partition coefficient (Wildman–Crippen LogP) is 4.06. The van der Waals surface area contributed by atoms with E-state index < -0.39 is 0 Å². The Hall–Kier alpha value is -4.10. The van der Waals surface area contributed by atoms with Gasteiger partial charge in [-0.3, -0.25) is 9.59 Å². The van der Waals surface area contributed by atoms with Gasteiger partial charge in [0.1, 0.15) is 0 Å². The largest absolute Gasteiger partial charge is 0.378 e. The Bertz CT molecular complexity index is 1620. The summed E-state index contributed by atoms with van der Waals surface area (Å²) in [7, 11) is 0. The Balaban J connectivity index is 1.27. The molecule has 1 saturated heterocycles. The Morgan fingerprint density at radius 1 is 1.00 bits per heavy atom. The monoisotopic (exact) mass is 452 g/mol. The van der Waals surface area contributed by atoms with E-state index in [9.17, 15) is 9.59 Å². The first-order chi connectivity index (χ1) is 16.7. The molecule has 170 valence electrons. The second-order valence-electron chi connectivity index (χ2n) is 8.66. The topological polar surface area (TPSA) is 94.0 Å². The van der Waals surface area contributed by atoms with Crippen molar-refractivity contribution >= 4 is 50.6 Å². The highest BCUT2D eigenvalue weighted by Crippen LogP contribution is 2.29. The van der Waals surface area contributed by atoms with Crippen molar-refractivity contribution in [2.75, 3.05) is 26.3 Å². The molecule has 0 saturated carbocycles. The maximum absolute atomic E-state index is 12.6. The van der Waals surface area contributed by atoms with Crippen molar-refractivity contribution < 1.29 is 9.53 Å². The van der Waals surface area contributed by atoms with Crippen LogP contribution >= 0.6 is 0 Å². The molecule has 7 nitrogen and oxygen atoms in total. The van der Waals surface area contributed by atoms with Gasteiger partial charge in [-0.2, -0.15) is 0 Å². The number of ether oxygens (including phenoxy) is 1. The molecule has 2 aromatic carbocycles. The zero-order valence-corrected chi connectivity index (χ0v) is 18.6. The molecule has 6 rings (SSSR count). The van der Waals surface area contributed by atoms with Gasteiger partial charge >= 0.3 is 0 Å². The number of rotatable bonds is 4. The quantitative estimate of drug-likeness (QED) is 0.384. The van der Waals surface area contributed by atoms with Crippen LogP contribution < -0.4 is 5.56 Å². The van der Waals surface area contributed by atoms with E-state index in [1.807, 2.05) is 53.6 Å². The van der Waals surface area contributed by atoms with Crippen LogP contribution in [0.15, 0.2) is 59.7 Å². The van der Waals surface area contributed by atoms with Crippen LogP contribution in [0.2, 0.25) is 0 Å². The Kier molecular flexibility index (Phi) is 5.04. The summed E-state index contributed by atoms with van der Waals surface area (Å²) >= 11 is 0. The van der Waals surface area contributed by atoms with E-state index in [4.69, 9.17) is 4.74 Å². The van der Waals surface area contributed by atoms with E-state index in [1.54, 1.807) is 6.20 Å². The number of hydrogen-bond donors (Lipinski definition) is 3. The van der Waals surface area contributed by atoms with Crippen LogP contribution in [0.1, 0.15) is 16.8 Å². The molecule has 1 aliphatic heterocycles. The fourth-order valence-corrected chi connectivity index (χ4v) is 4.71. The van der Waals surface area contributed by atoms with Crippen LogP contribution in [0, 0.1) is 0 Å². The van der Waals surface area contributed by atoms with Gasteiger partial charge in [0.15, 0.2) is 0 Å². The Morgan fingerprint density at radius 2 is 1.88 bits per heavy atom. The fourth-order valence-electron chi connectivity index (χ4n) is 4.71. The van der Waals surface area contributed by atoms with Crippen LogP contribution in [-0.4, -0.2) is 52.1 Å². The highest BCUT2D eigenvalue weighted by molar-refractivity contribution is 6.16. The van der Waals surface area contributed by atoms with Crippen LogP contribution in [0.5, 0.6) is 0 Å². The van der Waals surface area contributed by atoms with Crippen molar-refractivity contribution in [3.63, 3.8) is 0 Å². The maximum Gasteiger partial charge on any atom is 0.258 e. The normalized spacial score (nSPS) is 14.6. The van der Waals surface area contributed by atoms with Crippen LogP contribution in [-0.2, 0) is 16.0 Å². The Morgan fingerprint density at radius 3 is 2.76 bits per heavy atom. The number of amides is 1. The number of carbonyl (C=O) groups is 1. The summed E-state index contributed by atoms with van der Waals surface area (Å²) in [4.78, 5) is 36.1. The molecular formula is C27H24N4O3. The van der Waals surface area contributed by atoms with Gasteiger partial charge in [-0.15, -0.1) is 0 Å². The molecule has 0 spiro atoms. The number of carbonyl (C=O) groups excluding carboxylic acids is 1. The average molecular weight is 453 g/mol. The average Bonchev–Trinajstić information content (AvgIpc) is 3.43. The summed E-state index contributed by atoms with van der Waals surface area (Å²) in [5, 5.41) is 3.74. The maximum atomic E-state index is 12.6. The Labute approximate surface area is 195 Å². The molecule has 1 aliphatic rings. The van der Waals surface area contributed by atoms with Gasteiger partial charge in [0.2, 0.25) is 5.91 Å². The number of hydrogen-bond acceptors (Lipinski definition) is 3. The molecule has 1 fully saturated rings. The smallest absolute Gasteiger partial charge is 0.258 e.